The predicted octanol–water partition coefficient (Wildman–Crippen LogP) is 2.12. The molecule has 3 nitrogen and oxygen atoms in total. The second-order valence-corrected chi connectivity index (χ2v) is 2.97. The first-order valence-electron chi connectivity index (χ1n) is 4.35. The van der Waals surface area contributed by atoms with Crippen LogP contribution in [0.2, 0.25) is 0 Å². The number of aromatic hydroxyl groups is 1. The molecule has 1 aromatic heterocycles. The van der Waals surface area contributed by atoms with Gasteiger partial charge in [0.1, 0.15) is 0 Å². The monoisotopic (exact) mass is 271 g/mol. The maximum absolute atomic E-state index is 11.1. The predicted molar refractivity (Wildman–Crippen MR) is 66.9 cm³/mol. The summed E-state index contributed by atoms with van der Waals surface area (Å²) in [5, 5.41) is 9.49. The Balaban J connectivity index is 0.00000196. The van der Waals surface area contributed by atoms with Gasteiger partial charge >= 0.3 is 0 Å². The van der Waals surface area contributed by atoms with Crippen molar-refractivity contribution in [1.82, 2.24) is 4.98 Å². The zero-order valence-corrected chi connectivity index (χ0v) is 10.0. The van der Waals surface area contributed by atoms with Crippen LogP contribution in [-0.2, 0) is 12.8 Å². The van der Waals surface area contributed by atoms with E-state index < -0.39 is 0 Å². The van der Waals surface area contributed by atoms with E-state index >= 15 is 0 Å². The number of aromatic amines is 1. The smallest absolute Gasteiger partial charge is 0.250 e. The lowest BCUT2D eigenvalue weighted by molar-refractivity contribution is 0.445. The van der Waals surface area contributed by atoms with Gasteiger partial charge in [0.25, 0.3) is 5.56 Å². The summed E-state index contributed by atoms with van der Waals surface area (Å²) in [5.41, 5.74) is 1.20. The Morgan fingerprint density at radius 2 is 1.93 bits per heavy atom. The van der Waals surface area contributed by atoms with Crippen molar-refractivity contribution in [2.24, 2.45) is 0 Å². The van der Waals surface area contributed by atoms with Gasteiger partial charge in [-0.2, -0.15) is 0 Å². The van der Waals surface area contributed by atoms with Crippen molar-refractivity contribution in [3.05, 3.63) is 52.9 Å². The summed E-state index contributed by atoms with van der Waals surface area (Å²) in [6.07, 6.45) is 4.48. The highest BCUT2D eigenvalue weighted by Crippen LogP contribution is 2.17. The topological polar surface area (TPSA) is 53.1 Å². The van der Waals surface area contributed by atoms with Crippen LogP contribution in [0.4, 0.5) is 0 Å². The Morgan fingerprint density at radius 1 is 1.33 bits per heavy atom. The molecule has 0 saturated heterocycles. The third kappa shape index (κ3) is 3.40. The van der Waals surface area contributed by atoms with Gasteiger partial charge in [-0.05, 0) is 18.4 Å². The molecule has 0 bridgehead atoms. The van der Waals surface area contributed by atoms with Crippen LogP contribution in [0.25, 0.3) is 0 Å². The molecule has 0 aliphatic carbocycles. The minimum Gasteiger partial charge on any atom is -0.494 e. The largest absolute Gasteiger partial charge is 0.494 e. The molecule has 0 spiro atoms. The number of halogens is 1. The number of allylic oxidation sites excluding steroid dienone is 2. The molecule has 0 unspecified atom stereocenters. The van der Waals surface area contributed by atoms with Crippen molar-refractivity contribution in [3.63, 3.8) is 0 Å². The van der Waals surface area contributed by atoms with E-state index in [1.165, 1.54) is 6.07 Å². The normalized spacial score (nSPS) is 9.07. The number of pyridine rings is 1. The molecule has 0 atom stereocenters. The van der Waals surface area contributed by atoms with Crippen LogP contribution >= 0.6 is 17.0 Å². The number of rotatable bonds is 4. The Bertz CT molecular complexity index is 410. The van der Waals surface area contributed by atoms with Gasteiger partial charge in [-0.1, -0.05) is 12.2 Å². The van der Waals surface area contributed by atoms with Crippen molar-refractivity contribution < 1.29 is 5.11 Å². The minimum absolute atomic E-state index is 0. The standard InChI is InChI=1S/C11H13NO2.BrH/c1-3-5-8-7-10(13)12-11(14)9(8)6-4-2;/h3-4,7H,1-2,5-6H2,(H2,12,13,14);1H. The molecule has 0 aromatic carbocycles. The van der Waals surface area contributed by atoms with Gasteiger partial charge in [0.05, 0.1) is 0 Å². The van der Waals surface area contributed by atoms with Crippen LogP contribution in [-0.4, -0.2) is 10.1 Å². The first kappa shape index (κ1) is 13.7. The lowest BCUT2D eigenvalue weighted by Gasteiger charge is -2.06. The Morgan fingerprint density at radius 3 is 2.47 bits per heavy atom. The SMILES string of the molecule is Br.C=CCc1cc(=O)[nH]c(O)c1CC=C. The van der Waals surface area contributed by atoms with Crippen LogP contribution in [0.3, 0.4) is 0 Å². The highest BCUT2D eigenvalue weighted by atomic mass is 79.9. The zero-order chi connectivity index (χ0) is 10.6. The maximum Gasteiger partial charge on any atom is 0.250 e. The van der Waals surface area contributed by atoms with Gasteiger partial charge in [-0.3, -0.25) is 9.78 Å². The fourth-order valence-corrected chi connectivity index (χ4v) is 1.34. The van der Waals surface area contributed by atoms with Gasteiger partial charge in [0, 0.05) is 11.6 Å². The third-order valence-electron chi connectivity index (χ3n) is 1.93. The highest BCUT2D eigenvalue weighted by Gasteiger charge is 2.06. The third-order valence-corrected chi connectivity index (χ3v) is 1.93. The van der Waals surface area contributed by atoms with Crippen molar-refractivity contribution in [2.75, 3.05) is 0 Å². The van der Waals surface area contributed by atoms with Gasteiger partial charge in [-0.25, -0.2) is 0 Å². The molecular formula is C11H14BrNO2. The molecule has 0 amide bonds. The molecule has 82 valence electrons. The van der Waals surface area contributed by atoms with Crippen LogP contribution < -0.4 is 5.56 Å². The summed E-state index contributed by atoms with van der Waals surface area (Å²) >= 11 is 0. The van der Waals surface area contributed by atoms with Crippen molar-refractivity contribution in [1.29, 1.82) is 0 Å². The van der Waals surface area contributed by atoms with E-state index in [2.05, 4.69) is 18.1 Å². The average Bonchev–Trinajstić information content (AvgIpc) is 2.11. The van der Waals surface area contributed by atoms with Gasteiger partial charge < -0.3 is 5.11 Å². The second-order valence-electron chi connectivity index (χ2n) is 2.97. The highest BCUT2D eigenvalue weighted by molar-refractivity contribution is 8.93. The lowest BCUT2D eigenvalue weighted by Crippen LogP contribution is -2.08. The summed E-state index contributed by atoms with van der Waals surface area (Å²) in [6.45, 7) is 7.19. The summed E-state index contributed by atoms with van der Waals surface area (Å²) in [7, 11) is 0. The average molecular weight is 272 g/mol. The Labute approximate surface area is 98.9 Å². The molecule has 1 aromatic rings. The molecule has 1 heterocycles. The second kappa shape index (κ2) is 6.24. The van der Waals surface area contributed by atoms with E-state index in [0.29, 0.717) is 18.4 Å². The first-order chi connectivity index (χ1) is 6.69. The van der Waals surface area contributed by atoms with E-state index in [9.17, 15) is 9.90 Å². The van der Waals surface area contributed by atoms with E-state index in [1.807, 2.05) is 0 Å². The number of hydrogen-bond acceptors (Lipinski definition) is 2. The molecule has 2 N–H and O–H groups in total. The molecular weight excluding hydrogens is 258 g/mol. The Kier molecular flexibility index (Phi) is 5.70. The van der Waals surface area contributed by atoms with Crippen LogP contribution in [0.5, 0.6) is 5.88 Å². The molecule has 15 heavy (non-hydrogen) atoms. The first-order valence-corrected chi connectivity index (χ1v) is 4.35. The molecule has 0 radical (unpaired) electrons. The van der Waals surface area contributed by atoms with E-state index in [0.717, 1.165) is 5.56 Å². The van der Waals surface area contributed by atoms with Crippen molar-refractivity contribution >= 4 is 17.0 Å². The lowest BCUT2D eigenvalue weighted by atomic mass is 10.0. The van der Waals surface area contributed by atoms with Crippen molar-refractivity contribution in [3.8, 4) is 5.88 Å². The summed E-state index contributed by atoms with van der Waals surface area (Å²) in [4.78, 5) is 13.4. The van der Waals surface area contributed by atoms with Crippen LogP contribution in [0, 0.1) is 0 Å². The fourth-order valence-electron chi connectivity index (χ4n) is 1.34. The van der Waals surface area contributed by atoms with Crippen LogP contribution in [0.15, 0.2) is 36.2 Å². The molecule has 0 aliphatic heterocycles. The van der Waals surface area contributed by atoms with Gasteiger partial charge in [-0.15, -0.1) is 30.1 Å². The quantitative estimate of drug-likeness (QED) is 0.825. The summed E-state index contributed by atoms with van der Waals surface area (Å²) in [6, 6.07) is 1.47. The molecule has 0 aliphatic rings. The number of nitrogens with one attached hydrogen (secondary N) is 1. The van der Waals surface area contributed by atoms with Crippen molar-refractivity contribution in [2.45, 2.75) is 12.8 Å². The number of aromatic nitrogens is 1. The number of H-pyrrole nitrogens is 1. The maximum atomic E-state index is 11.1. The van der Waals surface area contributed by atoms with Gasteiger partial charge in [0.15, 0.2) is 5.88 Å². The molecule has 0 fully saturated rings. The summed E-state index contributed by atoms with van der Waals surface area (Å²) < 4.78 is 0. The van der Waals surface area contributed by atoms with Gasteiger partial charge in [0.2, 0.25) is 0 Å². The zero-order valence-electron chi connectivity index (χ0n) is 8.32. The fraction of sp³-hybridized carbons (Fsp3) is 0.182. The molecule has 4 heteroatoms. The minimum atomic E-state index is -0.299. The number of hydrogen-bond donors (Lipinski definition) is 2. The van der Waals surface area contributed by atoms with E-state index in [1.54, 1.807) is 12.2 Å². The molecule has 0 saturated carbocycles. The van der Waals surface area contributed by atoms with E-state index in [4.69, 9.17) is 0 Å². The van der Waals surface area contributed by atoms with Crippen LogP contribution in [0.1, 0.15) is 11.1 Å². The summed E-state index contributed by atoms with van der Waals surface area (Å²) in [5.74, 6) is -0.0748. The molecule has 1 rings (SSSR count). The van der Waals surface area contributed by atoms with E-state index in [-0.39, 0.29) is 28.4 Å². The Hall–Kier alpha value is -1.29.